The van der Waals surface area contributed by atoms with Gasteiger partial charge in [0, 0.05) is 21.5 Å². The Labute approximate surface area is 178 Å². The van der Waals surface area contributed by atoms with E-state index in [4.69, 9.17) is 22.3 Å². The van der Waals surface area contributed by atoms with Crippen molar-refractivity contribution in [1.29, 1.82) is 0 Å². The van der Waals surface area contributed by atoms with Crippen LogP contribution in [-0.2, 0) is 12.8 Å². The molecule has 5 heteroatoms. The third-order valence-electron chi connectivity index (χ3n) is 5.56. The van der Waals surface area contributed by atoms with Crippen molar-refractivity contribution < 1.29 is 4.79 Å². The molecule has 0 bridgehead atoms. The Balaban J connectivity index is 1.72. The summed E-state index contributed by atoms with van der Waals surface area (Å²) >= 11 is 7.36. The number of pyridine rings is 1. The van der Waals surface area contributed by atoms with Gasteiger partial charge in [-0.1, -0.05) is 41.9 Å². The topological polar surface area (TPSA) is 56.0 Å². The number of aryl methyl sites for hydroxylation is 1. The second-order valence-corrected chi connectivity index (χ2v) is 8.79. The van der Waals surface area contributed by atoms with Crippen molar-refractivity contribution in [1.82, 2.24) is 4.98 Å². The molecule has 0 radical (unpaired) electrons. The van der Waals surface area contributed by atoms with Gasteiger partial charge in [-0.15, -0.1) is 11.3 Å². The lowest BCUT2D eigenvalue weighted by Gasteiger charge is -2.20. The van der Waals surface area contributed by atoms with Crippen molar-refractivity contribution in [3.63, 3.8) is 0 Å². The molecule has 0 fully saturated rings. The van der Waals surface area contributed by atoms with Gasteiger partial charge >= 0.3 is 0 Å². The number of aromatic nitrogens is 1. The fraction of sp³-hybridized carbons (Fsp3) is 0.167. The summed E-state index contributed by atoms with van der Waals surface area (Å²) in [5.74, 6) is -0.0759. The van der Waals surface area contributed by atoms with Crippen molar-refractivity contribution in [2.45, 2.75) is 25.7 Å². The zero-order valence-corrected chi connectivity index (χ0v) is 17.3. The average Bonchev–Trinajstić information content (AvgIpc) is 3.10. The molecule has 29 heavy (non-hydrogen) atoms. The van der Waals surface area contributed by atoms with E-state index in [0.717, 1.165) is 47.2 Å². The number of nitrogens with two attached hydrogens (primary N) is 1. The molecule has 0 atom stereocenters. The summed E-state index contributed by atoms with van der Waals surface area (Å²) in [5.41, 5.74) is 12.4. The molecule has 0 saturated carbocycles. The average molecular weight is 419 g/mol. The summed E-state index contributed by atoms with van der Waals surface area (Å²) in [4.78, 5) is 19.5. The summed E-state index contributed by atoms with van der Waals surface area (Å²) in [6, 6.07) is 17.2. The number of carbonyl (C=O) groups is 1. The molecule has 0 aliphatic heterocycles. The molecule has 1 aliphatic rings. The summed E-state index contributed by atoms with van der Waals surface area (Å²) in [6.07, 6.45) is 4.26. The summed E-state index contributed by atoms with van der Waals surface area (Å²) in [6.45, 7) is 0. The smallest absolute Gasteiger partial charge is 0.205 e. The Morgan fingerprint density at radius 3 is 2.38 bits per heavy atom. The molecule has 144 valence electrons. The van der Waals surface area contributed by atoms with Gasteiger partial charge in [-0.2, -0.15) is 0 Å². The van der Waals surface area contributed by atoms with Gasteiger partial charge in [0.2, 0.25) is 5.78 Å². The highest BCUT2D eigenvalue weighted by atomic mass is 35.5. The van der Waals surface area contributed by atoms with Crippen LogP contribution in [0.5, 0.6) is 0 Å². The lowest BCUT2D eigenvalue weighted by Crippen LogP contribution is -2.08. The predicted octanol–water partition coefficient (Wildman–Crippen LogP) is 6.31. The van der Waals surface area contributed by atoms with Gasteiger partial charge in [-0.25, -0.2) is 4.98 Å². The van der Waals surface area contributed by atoms with Crippen LogP contribution in [-0.4, -0.2) is 10.8 Å². The van der Waals surface area contributed by atoms with Crippen LogP contribution in [0.2, 0.25) is 5.02 Å². The number of halogens is 1. The van der Waals surface area contributed by atoms with Crippen molar-refractivity contribution in [2.75, 3.05) is 5.73 Å². The van der Waals surface area contributed by atoms with E-state index in [9.17, 15) is 4.79 Å². The van der Waals surface area contributed by atoms with Crippen molar-refractivity contribution in [2.24, 2.45) is 0 Å². The Bertz CT molecular complexity index is 1230. The van der Waals surface area contributed by atoms with Gasteiger partial charge in [0.25, 0.3) is 0 Å². The quantitative estimate of drug-likeness (QED) is 0.396. The number of rotatable bonds is 3. The Morgan fingerprint density at radius 1 is 0.966 bits per heavy atom. The molecule has 2 N–H and O–H groups in total. The van der Waals surface area contributed by atoms with E-state index in [0.29, 0.717) is 21.2 Å². The van der Waals surface area contributed by atoms with Gasteiger partial charge in [0.1, 0.15) is 9.71 Å². The van der Waals surface area contributed by atoms with Gasteiger partial charge in [-0.3, -0.25) is 4.79 Å². The highest BCUT2D eigenvalue weighted by molar-refractivity contribution is 7.21. The first kappa shape index (κ1) is 18.3. The third-order valence-corrected chi connectivity index (χ3v) is 6.91. The van der Waals surface area contributed by atoms with E-state index in [1.807, 2.05) is 18.2 Å². The van der Waals surface area contributed by atoms with Crippen LogP contribution in [0.3, 0.4) is 0 Å². The van der Waals surface area contributed by atoms with Crippen LogP contribution in [0.4, 0.5) is 5.69 Å². The van der Waals surface area contributed by atoms with E-state index < -0.39 is 0 Å². The van der Waals surface area contributed by atoms with E-state index >= 15 is 0 Å². The lowest BCUT2D eigenvalue weighted by atomic mass is 9.87. The standard InChI is InChI=1S/C24H19ClN2OS/c25-16-12-10-15(11-13-16)22(28)23-20(26)19-17-8-4-5-9-18(17)21(27-24(19)29-23)14-6-2-1-3-7-14/h1-3,6-7,10-13H,4-5,8-9,26H2. The lowest BCUT2D eigenvalue weighted by molar-refractivity contribution is 0.104. The van der Waals surface area contributed by atoms with E-state index in [2.05, 4.69) is 12.1 Å². The van der Waals surface area contributed by atoms with Crippen LogP contribution in [0, 0.1) is 0 Å². The van der Waals surface area contributed by atoms with Crippen molar-refractivity contribution >= 4 is 44.6 Å². The SMILES string of the molecule is Nc1c(C(=O)c2ccc(Cl)cc2)sc2nc(-c3ccccc3)c3c(c12)CCCC3. The third kappa shape index (κ3) is 3.13. The second kappa shape index (κ2) is 7.29. The molecule has 2 heterocycles. The number of anilines is 1. The van der Waals surface area contributed by atoms with Crippen LogP contribution in [0.1, 0.15) is 39.2 Å². The number of hydrogen-bond acceptors (Lipinski definition) is 4. The maximum Gasteiger partial charge on any atom is 0.205 e. The number of carbonyl (C=O) groups excluding carboxylic acids is 1. The van der Waals surface area contributed by atoms with Crippen molar-refractivity contribution in [3.8, 4) is 11.3 Å². The molecular formula is C24H19ClN2OS. The number of nitrogen functional groups attached to an aromatic ring is 1. The van der Waals surface area contributed by atoms with Crippen LogP contribution >= 0.6 is 22.9 Å². The molecule has 4 aromatic rings. The van der Waals surface area contributed by atoms with E-state index in [1.165, 1.54) is 22.5 Å². The molecule has 0 saturated heterocycles. The summed E-state index contributed by atoms with van der Waals surface area (Å²) in [5, 5.41) is 1.58. The fourth-order valence-electron chi connectivity index (χ4n) is 4.15. The number of benzene rings is 2. The number of fused-ring (bicyclic) bond motifs is 3. The van der Waals surface area contributed by atoms with Crippen LogP contribution < -0.4 is 5.73 Å². The largest absolute Gasteiger partial charge is 0.397 e. The van der Waals surface area contributed by atoms with Gasteiger partial charge in [0.05, 0.1) is 11.4 Å². The zero-order chi connectivity index (χ0) is 20.0. The maximum atomic E-state index is 13.1. The molecule has 1 aliphatic carbocycles. The molecule has 0 amide bonds. The highest BCUT2D eigenvalue weighted by Crippen LogP contribution is 2.42. The molecule has 2 aromatic heterocycles. The normalized spacial score (nSPS) is 13.4. The number of thiophene rings is 1. The van der Waals surface area contributed by atoms with E-state index in [-0.39, 0.29) is 5.78 Å². The minimum atomic E-state index is -0.0759. The maximum absolute atomic E-state index is 13.1. The molecule has 0 unspecified atom stereocenters. The first-order chi connectivity index (χ1) is 14.1. The summed E-state index contributed by atoms with van der Waals surface area (Å²) in [7, 11) is 0. The predicted molar refractivity (Wildman–Crippen MR) is 121 cm³/mol. The first-order valence-electron chi connectivity index (χ1n) is 9.73. The first-order valence-corrected chi connectivity index (χ1v) is 10.9. The van der Waals surface area contributed by atoms with Crippen LogP contribution in [0.15, 0.2) is 54.6 Å². The minimum absolute atomic E-state index is 0.0759. The number of ketones is 1. The van der Waals surface area contributed by atoms with Gasteiger partial charge in [-0.05, 0) is 61.1 Å². The Morgan fingerprint density at radius 2 is 1.66 bits per heavy atom. The molecular weight excluding hydrogens is 400 g/mol. The summed E-state index contributed by atoms with van der Waals surface area (Å²) < 4.78 is 0. The Kier molecular flexibility index (Phi) is 4.61. The minimum Gasteiger partial charge on any atom is -0.397 e. The van der Waals surface area contributed by atoms with Crippen LogP contribution in [0.25, 0.3) is 21.5 Å². The van der Waals surface area contributed by atoms with E-state index in [1.54, 1.807) is 24.3 Å². The molecule has 3 nitrogen and oxygen atoms in total. The molecule has 5 rings (SSSR count). The van der Waals surface area contributed by atoms with Crippen molar-refractivity contribution in [3.05, 3.63) is 81.2 Å². The molecule has 0 spiro atoms. The second-order valence-electron chi connectivity index (χ2n) is 7.35. The number of nitrogens with zero attached hydrogens (tertiary/aromatic N) is 1. The monoisotopic (exact) mass is 418 g/mol. The molecule has 2 aromatic carbocycles. The zero-order valence-electron chi connectivity index (χ0n) is 15.7. The Hall–Kier alpha value is -2.69. The number of hydrogen-bond donors (Lipinski definition) is 1. The van der Waals surface area contributed by atoms with Gasteiger partial charge in [0.15, 0.2) is 0 Å². The highest BCUT2D eigenvalue weighted by Gasteiger charge is 2.26. The van der Waals surface area contributed by atoms with Gasteiger partial charge < -0.3 is 5.73 Å². The fourth-order valence-corrected chi connectivity index (χ4v) is 5.36.